The van der Waals surface area contributed by atoms with Crippen molar-refractivity contribution in [3.05, 3.63) is 72.3 Å². The number of rotatable bonds is 5. The molecule has 6 heteroatoms. The van der Waals surface area contributed by atoms with Crippen molar-refractivity contribution >= 4 is 39.9 Å². The third-order valence-electron chi connectivity index (χ3n) is 5.18. The molecule has 0 saturated carbocycles. The van der Waals surface area contributed by atoms with Crippen LogP contribution in [0.25, 0.3) is 10.8 Å². The molecule has 0 spiro atoms. The fraction of sp³-hybridized carbons (Fsp3) is 0.208. The summed E-state index contributed by atoms with van der Waals surface area (Å²) in [5.41, 5.74) is 2.49. The molecule has 1 aliphatic rings. The normalized spacial score (nSPS) is 16.0. The van der Waals surface area contributed by atoms with Crippen LogP contribution in [0.5, 0.6) is 0 Å². The number of carbonyl (C=O) groups is 3. The van der Waals surface area contributed by atoms with Crippen LogP contribution in [-0.4, -0.2) is 30.9 Å². The number of amides is 2. The molecule has 1 aliphatic heterocycles. The summed E-state index contributed by atoms with van der Waals surface area (Å²) in [6.45, 7) is 1.84. The van der Waals surface area contributed by atoms with E-state index in [4.69, 9.17) is 4.74 Å². The molecular weight excluding hydrogens is 380 g/mol. The summed E-state index contributed by atoms with van der Waals surface area (Å²) in [4.78, 5) is 38.4. The third kappa shape index (κ3) is 4.33. The van der Waals surface area contributed by atoms with Gasteiger partial charge in [0.15, 0.2) is 6.61 Å². The topological polar surface area (TPSA) is 75.7 Å². The van der Waals surface area contributed by atoms with E-state index in [0.29, 0.717) is 5.69 Å². The van der Waals surface area contributed by atoms with Crippen molar-refractivity contribution in [2.75, 3.05) is 23.4 Å². The maximum absolute atomic E-state index is 12.4. The van der Waals surface area contributed by atoms with E-state index in [1.807, 2.05) is 67.6 Å². The summed E-state index contributed by atoms with van der Waals surface area (Å²) in [5.74, 6) is -1.65. The van der Waals surface area contributed by atoms with Gasteiger partial charge in [-0.15, -0.1) is 0 Å². The number of carbonyl (C=O) groups excluding carboxylic acids is 3. The Morgan fingerprint density at radius 2 is 1.77 bits per heavy atom. The van der Waals surface area contributed by atoms with Crippen LogP contribution < -0.4 is 10.2 Å². The van der Waals surface area contributed by atoms with E-state index in [9.17, 15) is 14.4 Å². The summed E-state index contributed by atoms with van der Waals surface area (Å²) in [7, 11) is 0. The fourth-order valence-corrected chi connectivity index (χ4v) is 3.56. The minimum Gasteiger partial charge on any atom is -0.455 e. The van der Waals surface area contributed by atoms with E-state index in [2.05, 4.69) is 5.32 Å². The Kier molecular flexibility index (Phi) is 5.48. The Morgan fingerprint density at radius 1 is 1.03 bits per heavy atom. The minimum absolute atomic E-state index is 0.0823. The molecule has 0 bridgehead atoms. The number of fused-ring (bicyclic) bond motifs is 1. The van der Waals surface area contributed by atoms with Crippen molar-refractivity contribution in [1.82, 2.24) is 0 Å². The van der Waals surface area contributed by atoms with Crippen molar-refractivity contribution in [3.8, 4) is 0 Å². The number of nitrogens with one attached hydrogen (secondary N) is 1. The smallest absolute Gasteiger partial charge is 0.311 e. The van der Waals surface area contributed by atoms with Crippen LogP contribution in [0.3, 0.4) is 0 Å². The summed E-state index contributed by atoms with van der Waals surface area (Å²) < 4.78 is 5.17. The Bertz CT molecular complexity index is 1110. The van der Waals surface area contributed by atoms with Crippen LogP contribution in [0.2, 0.25) is 0 Å². The van der Waals surface area contributed by atoms with Gasteiger partial charge in [-0.2, -0.15) is 0 Å². The van der Waals surface area contributed by atoms with Crippen molar-refractivity contribution in [2.45, 2.75) is 13.3 Å². The molecule has 1 N–H and O–H groups in total. The number of benzene rings is 3. The van der Waals surface area contributed by atoms with Gasteiger partial charge in [0.1, 0.15) is 0 Å². The van der Waals surface area contributed by atoms with E-state index in [0.717, 1.165) is 22.0 Å². The first-order valence-corrected chi connectivity index (χ1v) is 9.82. The standard InChI is InChI=1S/C24H22N2O4/c1-16-6-10-21(11-7-16)26-14-19(13-23(26)28)24(29)30-15-22(27)25-20-9-8-17-4-2-3-5-18(17)12-20/h2-12,19H,13-15H2,1H3,(H,25,27)/t19-/m0/s1. The van der Waals surface area contributed by atoms with E-state index in [-0.39, 0.29) is 25.5 Å². The maximum Gasteiger partial charge on any atom is 0.311 e. The number of nitrogens with zero attached hydrogens (tertiary/aromatic N) is 1. The molecule has 6 nitrogen and oxygen atoms in total. The number of anilines is 2. The molecule has 0 radical (unpaired) electrons. The first-order chi connectivity index (χ1) is 14.5. The predicted molar refractivity (Wildman–Crippen MR) is 115 cm³/mol. The van der Waals surface area contributed by atoms with E-state index in [1.165, 1.54) is 0 Å². The lowest BCUT2D eigenvalue weighted by molar-refractivity contribution is -0.151. The lowest BCUT2D eigenvalue weighted by Gasteiger charge is -2.16. The first-order valence-electron chi connectivity index (χ1n) is 9.82. The SMILES string of the molecule is Cc1ccc(N2C[C@@H](C(=O)OCC(=O)Nc3ccc4ccccc4c3)CC2=O)cc1. The van der Waals surface area contributed by atoms with Crippen LogP contribution in [0.1, 0.15) is 12.0 Å². The number of aryl methyl sites for hydroxylation is 1. The van der Waals surface area contributed by atoms with Gasteiger partial charge in [-0.25, -0.2) is 0 Å². The zero-order chi connectivity index (χ0) is 21.1. The molecule has 152 valence electrons. The van der Waals surface area contributed by atoms with Crippen molar-refractivity contribution in [2.24, 2.45) is 5.92 Å². The Hall–Kier alpha value is -3.67. The minimum atomic E-state index is -0.577. The third-order valence-corrected chi connectivity index (χ3v) is 5.18. The molecule has 0 unspecified atom stereocenters. The molecule has 1 saturated heterocycles. The highest BCUT2D eigenvalue weighted by Gasteiger charge is 2.36. The van der Waals surface area contributed by atoms with Crippen molar-refractivity contribution < 1.29 is 19.1 Å². The fourth-order valence-electron chi connectivity index (χ4n) is 3.56. The highest BCUT2D eigenvalue weighted by Crippen LogP contribution is 2.26. The largest absolute Gasteiger partial charge is 0.455 e. The van der Waals surface area contributed by atoms with Crippen LogP contribution >= 0.6 is 0 Å². The second kappa shape index (κ2) is 8.37. The lowest BCUT2D eigenvalue weighted by atomic mass is 10.1. The van der Waals surface area contributed by atoms with Gasteiger partial charge < -0.3 is 15.0 Å². The monoisotopic (exact) mass is 402 g/mol. The van der Waals surface area contributed by atoms with Gasteiger partial charge in [-0.1, -0.05) is 48.0 Å². The molecule has 1 fully saturated rings. The van der Waals surface area contributed by atoms with Crippen molar-refractivity contribution in [3.63, 3.8) is 0 Å². The molecule has 0 aromatic heterocycles. The number of esters is 1. The lowest BCUT2D eigenvalue weighted by Crippen LogP contribution is -2.28. The molecule has 1 atom stereocenters. The van der Waals surface area contributed by atoms with Gasteiger partial charge in [-0.05, 0) is 42.0 Å². The average Bonchev–Trinajstić information content (AvgIpc) is 3.14. The second-order valence-corrected chi connectivity index (χ2v) is 7.46. The number of ether oxygens (including phenoxy) is 1. The predicted octanol–water partition coefficient (Wildman–Crippen LogP) is 3.68. The quantitative estimate of drug-likeness (QED) is 0.661. The maximum atomic E-state index is 12.4. The van der Waals surface area contributed by atoms with Gasteiger partial charge in [-0.3, -0.25) is 14.4 Å². The summed E-state index contributed by atoms with van der Waals surface area (Å²) in [5, 5.41) is 4.82. The first kappa shape index (κ1) is 19.6. The number of hydrogen-bond donors (Lipinski definition) is 1. The molecule has 3 aromatic rings. The summed E-state index contributed by atoms with van der Waals surface area (Å²) in [6.07, 6.45) is 0.0823. The molecule has 0 aliphatic carbocycles. The zero-order valence-electron chi connectivity index (χ0n) is 16.6. The second-order valence-electron chi connectivity index (χ2n) is 7.46. The van der Waals surface area contributed by atoms with Gasteiger partial charge in [0.2, 0.25) is 5.91 Å². The molecule has 1 heterocycles. The van der Waals surface area contributed by atoms with Gasteiger partial charge >= 0.3 is 5.97 Å². The van der Waals surface area contributed by atoms with Crippen molar-refractivity contribution in [1.29, 1.82) is 0 Å². The molecular formula is C24H22N2O4. The highest BCUT2D eigenvalue weighted by atomic mass is 16.5. The Balaban J connectivity index is 1.31. The van der Waals surface area contributed by atoms with Crippen LogP contribution in [0.15, 0.2) is 66.7 Å². The van der Waals surface area contributed by atoms with Crippen LogP contribution in [0, 0.1) is 12.8 Å². The average molecular weight is 402 g/mol. The highest BCUT2D eigenvalue weighted by molar-refractivity contribution is 6.00. The van der Waals surface area contributed by atoms with Gasteiger partial charge in [0.05, 0.1) is 5.92 Å². The van der Waals surface area contributed by atoms with Gasteiger partial charge in [0, 0.05) is 24.3 Å². The Labute approximate surface area is 174 Å². The summed E-state index contributed by atoms with van der Waals surface area (Å²) >= 11 is 0. The molecule has 3 aromatic carbocycles. The van der Waals surface area contributed by atoms with E-state index in [1.54, 1.807) is 11.0 Å². The Morgan fingerprint density at radius 3 is 2.53 bits per heavy atom. The van der Waals surface area contributed by atoms with E-state index >= 15 is 0 Å². The zero-order valence-corrected chi connectivity index (χ0v) is 16.6. The number of hydrogen-bond acceptors (Lipinski definition) is 4. The summed E-state index contributed by atoms with van der Waals surface area (Å²) in [6, 6.07) is 21.0. The van der Waals surface area contributed by atoms with Crippen LogP contribution in [-0.2, 0) is 19.1 Å². The molecule has 30 heavy (non-hydrogen) atoms. The molecule has 2 amide bonds. The van der Waals surface area contributed by atoms with Crippen LogP contribution in [0.4, 0.5) is 11.4 Å². The molecule has 4 rings (SSSR count). The van der Waals surface area contributed by atoms with E-state index < -0.39 is 17.8 Å². The van der Waals surface area contributed by atoms with Gasteiger partial charge in [0.25, 0.3) is 5.91 Å².